The Morgan fingerprint density at radius 1 is 1.05 bits per heavy atom. The van der Waals surface area contributed by atoms with E-state index in [1.165, 1.54) is 63.3 Å². The second-order valence-corrected chi connectivity index (χ2v) is 11.8. The van der Waals surface area contributed by atoms with Crippen LogP contribution in [-0.2, 0) is 26.2 Å². The van der Waals surface area contributed by atoms with Crippen molar-refractivity contribution in [3.05, 3.63) is 86.9 Å². The Labute approximate surface area is 255 Å². The van der Waals surface area contributed by atoms with Gasteiger partial charge in [-0.3, -0.25) is 24.0 Å². The van der Waals surface area contributed by atoms with Gasteiger partial charge in [-0.15, -0.1) is 0 Å². The molecule has 3 aromatic rings. The zero-order valence-electron chi connectivity index (χ0n) is 24.4. The minimum absolute atomic E-state index is 0.0301. The highest BCUT2D eigenvalue weighted by Crippen LogP contribution is 2.36. The van der Waals surface area contributed by atoms with Gasteiger partial charge >= 0.3 is 0 Å². The van der Waals surface area contributed by atoms with Gasteiger partial charge in [0.2, 0.25) is 11.8 Å². The quantitative estimate of drug-likeness (QED) is 0.216. The van der Waals surface area contributed by atoms with Crippen LogP contribution in [0.5, 0.6) is 11.5 Å². The Hall–Kier alpha value is -4.36. The molecule has 43 heavy (non-hydrogen) atoms. The Bertz CT molecular complexity index is 1600. The van der Waals surface area contributed by atoms with Crippen LogP contribution in [0.25, 0.3) is 0 Å². The predicted molar refractivity (Wildman–Crippen MR) is 162 cm³/mol. The van der Waals surface area contributed by atoms with Gasteiger partial charge in [-0.1, -0.05) is 29.8 Å². The molecule has 2 amide bonds. The molecule has 0 heterocycles. The maximum atomic E-state index is 14.1. The van der Waals surface area contributed by atoms with Crippen molar-refractivity contribution < 1.29 is 32.4 Å². The van der Waals surface area contributed by atoms with Gasteiger partial charge in [-0.05, 0) is 62.7 Å². The number of sulfonamides is 1. The number of carbonyl (C=O) groups excluding carboxylic acids is 2. The first-order valence-electron chi connectivity index (χ1n) is 13.1. The molecule has 0 aliphatic carbocycles. The highest BCUT2D eigenvalue weighted by molar-refractivity contribution is 7.92. The molecule has 12 nitrogen and oxygen atoms in total. The second kappa shape index (κ2) is 14.2. The van der Waals surface area contributed by atoms with Crippen LogP contribution in [0.4, 0.5) is 11.4 Å². The van der Waals surface area contributed by atoms with Gasteiger partial charge in [0.1, 0.15) is 24.1 Å². The average Bonchev–Trinajstić information content (AvgIpc) is 2.98. The number of likely N-dealkylation sites (N-methyl/N-ethyl adjacent to an activating group) is 1. The van der Waals surface area contributed by atoms with Gasteiger partial charge in [-0.25, -0.2) is 8.42 Å². The van der Waals surface area contributed by atoms with Crippen LogP contribution in [-0.4, -0.2) is 63.4 Å². The van der Waals surface area contributed by atoms with Crippen LogP contribution in [0.1, 0.15) is 25.0 Å². The summed E-state index contributed by atoms with van der Waals surface area (Å²) >= 11 is 6.23. The summed E-state index contributed by atoms with van der Waals surface area (Å²) < 4.78 is 39.6. The first-order chi connectivity index (χ1) is 20.3. The minimum Gasteiger partial charge on any atom is -0.497 e. The van der Waals surface area contributed by atoms with E-state index in [1.807, 2.05) is 0 Å². The summed E-state index contributed by atoms with van der Waals surface area (Å²) in [5.74, 6) is -0.480. The number of methoxy groups -OCH3 is 2. The number of anilines is 1. The zero-order chi connectivity index (χ0) is 31.9. The topological polar surface area (TPSA) is 148 Å². The van der Waals surface area contributed by atoms with E-state index in [2.05, 4.69) is 5.32 Å². The number of hydrogen-bond donors (Lipinski definition) is 1. The van der Waals surface area contributed by atoms with Gasteiger partial charge in [0.05, 0.1) is 29.7 Å². The fourth-order valence-electron chi connectivity index (χ4n) is 4.28. The van der Waals surface area contributed by atoms with Crippen LogP contribution < -0.4 is 19.1 Å². The molecule has 1 N–H and O–H groups in total. The monoisotopic (exact) mass is 632 g/mol. The first-order valence-corrected chi connectivity index (χ1v) is 15.0. The van der Waals surface area contributed by atoms with E-state index in [9.17, 15) is 28.1 Å². The number of nitro benzene ring substituents is 1. The summed E-state index contributed by atoms with van der Waals surface area (Å²) in [5, 5.41) is 14.5. The lowest BCUT2D eigenvalue weighted by molar-refractivity contribution is -0.385. The van der Waals surface area contributed by atoms with Gasteiger partial charge in [0.15, 0.2) is 0 Å². The number of aryl methyl sites for hydroxylation is 1. The summed E-state index contributed by atoms with van der Waals surface area (Å²) in [6, 6.07) is 13.6. The molecular formula is C29H33ClN4O8S. The van der Waals surface area contributed by atoms with Crippen LogP contribution in [0.3, 0.4) is 0 Å². The van der Waals surface area contributed by atoms with Gasteiger partial charge in [0.25, 0.3) is 15.7 Å². The SMILES string of the molecule is CCNC(=O)C(C)N(Cc1ccc(OC)cc1)C(=O)CN(c1cc(Cl)ccc1OC)S(=O)(=O)c1ccc(C)c([N+](=O)[O-])c1. The molecule has 0 saturated carbocycles. The van der Waals surface area contributed by atoms with Crippen molar-refractivity contribution in [2.45, 2.75) is 38.3 Å². The van der Waals surface area contributed by atoms with Crippen molar-refractivity contribution in [2.24, 2.45) is 0 Å². The Balaban J connectivity index is 2.15. The lowest BCUT2D eigenvalue weighted by Crippen LogP contribution is -2.51. The third kappa shape index (κ3) is 7.73. The summed E-state index contributed by atoms with van der Waals surface area (Å²) in [6.45, 7) is 4.27. The summed E-state index contributed by atoms with van der Waals surface area (Å²) in [4.78, 5) is 38.7. The molecule has 230 valence electrons. The molecule has 0 bridgehead atoms. The van der Waals surface area contributed by atoms with Crippen LogP contribution in [0.15, 0.2) is 65.6 Å². The molecule has 14 heteroatoms. The number of carbonyl (C=O) groups is 2. The van der Waals surface area contributed by atoms with Crippen molar-refractivity contribution in [1.82, 2.24) is 10.2 Å². The lowest BCUT2D eigenvalue weighted by Gasteiger charge is -2.32. The normalized spacial score (nSPS) is 11.8. The van der Waals surface area contributed by atoms with Crippen LogP contribution in [0.2, 0.25) is 5.02 Å². The molecule has 1 atom stereocenters. The maximum Gasteiger partial charge on any atom is 0.273 e. The highest BCUT2D eigenvalue weighted by atomic mass is 35.5. The largest absolute Gasteiger partial charge is 0.497 e. The average molecular weight is 633 g/mol. The third-order valence-electron chi connectivity index (χ3n) is 6.68. The fraction of sp³-hybridized carbons (Fsp3) is 0.310. The van der Waals surface area contributed by atoms with Gasteiger partial charge < -0.3 is 19.7 Å². The van der Waals surface area contributed by atoms with E-state index < -0.39 is 49.9 Å². The molecule has 0 radical (unpaired) electrons. The smallest absolute Gasteiger partial charge is 0.273 e. The third-order valence-corrected chi connectivity index (χ3v) is 8.67. The molecule has 3 aromatic carbocycles. The highest BCUT2D eigenvalue weighted by Gasteiger charge is 2.34. The molecule has 0 spiro atoms. The minimum atomic E-state index is -4.62. The number of benzene rings is 3. The maximum absolute atomic E-state index is 14.1. The second-order valence-electron chi connectivity index (χ2n) is 9.47. The van der Waals surface area contributed by atoms with E-state index in [-0.39, 0.29) is 28.6 Å². The van der Waals surface area contributed by atoms with Crippen molar-refractivity contribution in [3.63, 3.8) is 0 Å². The first kappa shape index (κ1) is 33.1. The molecule has 0 fully saturated rings. The molecule has 1 unspecified atom stereocenters. The summed E-state index contributed by atoms with van der Waals surface area (Å²) in [5.41, 5.74) is 0.445. The molecule has 0 aliphatic rings. The number of rotatable bonds is 13. The number of nitro groups is 1. The van der Waals surface area contributed by atoms with E-state index in [1.54, 1.807) is 31.2 Å². The van der Waals surface area contributed by atoms with Gasteiger partial charge in [0, 0.05) is 29.7 Å². The van der Waals surface area contributed by atoms with Gasteiger partial charge in [-0.2, -0.15) is 0 Å². The van der Waals surface area contributed by atoms with E-state index in [0.29, 0.717) is 17.9 Å². The standard InChI is InChI=1S/C29H33ClN4O8S/c1-6-31-29(36)20(3)32(17-21-8-11-23(41-4)12-9-21)28(35)18-33(26-15-22(30)10-14-27(26)42-5)43(39,40)24-13-7-19(2)25(16-24)34(37)38/h7-16,20H,6,17-18H2,1-5H3,(H,31,36). The van der Waals surface area contributed by atoms with Crippen LogP contribution >= 0.6 is 11.6 Å². The van der Waals surface area contributed by atoms with E-state index in [4.69, 9.17) is 21.1 Å². The Morgan fingerprint density at radius 2 is 1.72 bits per heavy atom. The fourth-order valence-corrected chi connectivity index (χ4v) is 5.88. The van der Waals surface area contributed by atoms with Crippen molar-refractivity contribution >= 4 is 44.8 Å². The predicted octanol–water partition coefficient (Wildman–Crippen LogP) is 4.32. The van der Waals surface area contributed by atoms with Crippen LogP contribution in [0, 0.1) is 17.0 Å². The number of halogens is 1. The Kier molecular flexibility index (Phi) is 11.0. The van der Waals surface area contributed by atoms with E-state index >= 15 is 0 Å². The number of hydrogen-bond acceptors (Lipinski definition) is 8. The molecule has 0 aromatic heterocycles. The summed E-state index contributed by atoms with van der Waals surface area (Å²) in [6.07, 6.45) is 0. The molecule has 0 aliphatic heterocycles. The lowest BCUT2D eigenvalue weighted by atomic mass is 10.1. The molecule has 0 saturated heterocycles. The van der Waals surface area contributed by atoms with Crippen molar-refractivity contribution in [2.75, 3.05) is 31.6 Å². The molecule has 3 rings (SSSR count). The number of nitrogens with one attached hydrogen (secondary N) is 1. The number of amides is 2. The Morgan fingerprint density at radius 3 is 2.30 bits per heavy atom. The number of ether oxygens (including phenoxy) is 2. The van der Waals surface area contributed by atoms with Crippen molar-refractivity contribution in [3.8, 4) is 11.5 Å². The zero-order valence-corrected chi connectivity index (χ0v) is 25.9. The number of nitrogens with zero attached hydrogens (tertiary/aromatic N) is 3. The molecular weight excluding hydrogens is 600 g/mol. The summed E-state index contributed by atoms with van der Waals surface area (Å²) in [7, 11) is -1.78. The van der Waals surface area contributed by atoms with E-state index in [0.717, 1.165) is 10.4 Å². The van der Waals surface area contributed by atoms with Crippen molar-refractivity contribution in [1.29, 1.82) is 0 Å².